The van der Waals surface area contributed by atoms with Gasteiger partial charge in [0.25, 0.3) is 0 Å². The Balaban J connectivity index is 1.82. The largest absolute Gasteiger partial charge is 0.355 e. The predicted octanol–water partition coefficient (Wildman–Crippen LogP) is 5.41. The van der Waals surface area contributed by atoms with Crippen molar-refractivity contribution in [2.75, 3.05) is 6.54 Å². The summed E-state index contributed by atoms with van der Waals surface area (Å²) < 4.78 is 0. The molecule has 0 unspecified atom stereocenters. The van der Waals surface area contributed by atoms with E-state index in [4.69, 9.17) is 23.2 Å². The molecule has 1 saturated heterocycles. The van der Waals surface area contributed by atoms with Crippen molar-refractivity contribution >= 4 is 29.1 Å². The normalized spacial score (nSPS) is 31.5. The first kappa shape index (κ1) is 16.9. The minimum Gasteiger partial charge on any atom is -0.355 e. The van der Waals surface area contributed by atoms with Gasteiger partial charge in [0.15, 0.2) is 0 Å². The van der Waals surface area contributed by atoms with Crippen LogP contribution in [0.15, 0.2) is 48.5 Å². The minimum atomic E-state index is -0.304. The molecule has 2 aliphatic rings. The lowest BCUT2D eigenvalue weighted by atomic mass is 9.57. The van der Waals surface area contributed by atoms with Crippen LogP contribution < -0.4 is 5.32 Å². The zero-order valence-corrected chi connectivity index (χ0v) is 15.6. The van der Waals surface area contributed by atoms with Gasteiger partial charge in [-0.1, -0.05) is 60.5 Å². The zero-order chi connectivity index (χ0) is 17.6. The molecule has 1 amide bonds. The van der Waals surface area contributed by atoms with Gasteiger partial charge in [0.1, 0.15) is 0 Å². The third kappa shape index (κ3) is 2.76. The lowest BCUT2D eigenvalue weighted by Crippen LogP contribution is -2.41. The summed E-state index contributed by atoms with van der Waals surface area (Å²) in [5.41, 5.74) is 2.12. The number of carbonyl (C=O) groups is 1. The van der Waals surface area contributed by atoms with Crippen LogP contribution in [0.2, 0.25) is 10.0 Å². The number of halogens is 2. The number of rotatable bonds is 2. The Kier molecular flexibility index (Phi) is 4.29. The van der Waals surface area contributed by atoms with Crippen molar-refractivity contribution in [1.29, 1.82) is 0 Å². The van der Waals surface area contributed by atoms with Gasteiger partial charge >= 0.3 is 0 Å². The van der Waals surface area contributed by atoms with E-state index in [2.05, 4.69) is 30.4 Å². The first-order valence-electron chi connectivity index (χ1n) is 8.79. The Labute approximate surface area is 158 Å². The summed E-state index contributed by atoms with van der Waals surface area (Å²) >= 11 is 12.6. The van der Waals surface area contributed by atoms with Crippen LogP contribution in [0.3, 0.4) is 0 Å². The van der Waals surface area contributed by atoms with Gasteiger partial charge in [-0.15, -0.1) is 0 Å². The summed E-state index contributed by atoms with van der Waals surface area (Å²) in [4.78, 5) is 12.5. The average Bonchev–Trinajstić information content (AvgIpc) is 2.91. The molecule has 1 heterocycles. The maximum absolute atomic E-state index is 12.5. The molecule has 1 N–H and O–H groups in total. The maximum Gasteiger partial charge on any atom is 0.226 e. The number of amides is 1. The van der Waals surface area contributed by atoms with Crippen molar-refractivity contribution in [3.05, 3.63) is 69.7 Å². The summed E-state index contributed by atoms with van der Waals surface area (Å²) in [5.74, 6) is 1.00. The van der Waals surface area contributed by atoms with Gasteiger partial charge in [-0.3, -0.25) is 4.79 Å². The second-order valence-corrected chi connectivity index (χ2v) is 8.32. The first-order valence-corrected chi connectivity index (χ1v) is 9.54. The van der Waals surface area contributed by atoms with E-state index in [1.807, 2.05) is 30.3 Å². The van der Waals surface area contributed by atoms with Crippen molar-refractivity contribution in [3.63, 3.8) is 0 Å². The molecular weight excluding hydrogens is 353 g/mol. The quantitative estimate of drug-likeness (QED) is 0.749. The average molecular weight is 374 g/mol. The van der Waals surface area contributed by atoms with E-state index in [0.717, 1.165) is 29.4 Å². The Hall–Kier alpha value is -1.51. The highest BCUT2D eigenvalue weighted by Gasteiger charge is 2.54. The van der Waals surface area contributed by atoms with Gasteiger partial charge in [-0.05, 0) is 59.9 Å². The van der Waals surface area contributed by atoms with Crippen LogP contribution in [-0.4, -0.2) is 12.5 Å². The molecule has 4 atom stereocenters. The minimum absolute atomic E-state index is 0.189. The van der Waals surface area contributed by atoms with Crippen LogP contribution in [0, 0.1) is 11.3 Å². The Morgan fingerprint density at radius 2 is 1.80 bits per heavy atom. The van der Waals surface area contributed by atoms with E-state index in [9.17, 15) is 4.79 Å². The van der Waals surface area contributed by atoms with Crippen LogP contribution in [0.4, 0.5) is 0 Å². The molecule has 2 aromatic rings. The molecule has 0 aromatic heterocycles. The summed E-state index contributed by atoms with van der Waals surface area (Å²) in [6.45, 7) is 2.84. The fraction of sp³-hybridized carbons (Fsp3) is 0.381. The molecule has 130 valence electrons. The Bertz CT molecular complexity index is 804. The van der Waals surface area contributed by atoms with Crippen molar-refractivity contribution < 1.29 is 4.79 Å². The number of fused-ring (bicyclic) bond motifs is 1. The van der Waals surface area contributed by atoms with Gasteiger partial charge in [-0.25, -0.2) is 0 Å². The predicted molar refractivity (Wildman–Crippen MR) is 102 cm³/mol. The number of nitrogens with one attached hydrogen (secondary N) is 1. The standard InChI is InChI=1S/C21H21Cl2NO/c1-21-11-10-16(15-4-2-3-5-18(15)23)19(17(21)12-24-20(21)25)13-6-8-14(22)9-7-13/h2-9,16-17,19H,10-12H2,1H3,(H,24,25)/t16-,17-,19-,21+/m0/s1. The van der Waals surface area contributed by atoms with E-state index in [1.54, 1.807) is 0 Å². The van der Waals surface area contributed by atoms with E-state index in [1.165, 1.54) is 11.1 Å². The molecule has 2 aromatic carbocycles. The third-order valence-corrected chi connectivity index (χ3v) is 6.82. The van der Waals surface area contributed by atoms with Crippen molar-refractivity contribution in [3.8, 4) is 0 Å². The SMILES string of the molecule is C[C@@]12CC[C@@H](c3ccccc3Cl)[C@H](c3ccc(Cl)cc3)[C@@H]1CNC2=O. The summed E-state index contributed by atoms with van der Waals surface area (Å²) in [6.07, 6.45) is 1.85. The maximum atomic E-state index is 12.5. The molecular formula is C21H21Cl2NO. The van der Waals surface area contributed by atoms with Crippen LogP contribution in [0.1, 0.15) is 42.7 Å². The zero-order valence-electron chi connectivity index (χ0n) is 14.1. The van der Waals surface area contributed by atoms with Gasteiger partial charge < -0.3 is 5.32 Å². The first-order chi connectivity index (χ1) is 12.0. The smallest absolute Gasteiger partial charge is 0.226 e. The highest BCUT2D eigenvalue weighted by Crippen LogP contribution is 2.57. The van der Waals surface area contributed by atoms with Gasteiger partial charge in [0, 0.05) is 16.6 Å². The van der Waals surface area contributed by atoms with E-state index in [-0.39, 0.29) is 23.2 Å². The van der Waals surface area contributed by atoms with E-state index >= 15 is 0 Å². The molecule has 1 aliphatic heterocycles. The number of carbonyl (C=O) groups excluding carboxylic acids is 1. The Morgan fingerprint density at radius 3 is 2.52 bits per heavy atom. The van der Waals surface area contributed by atoms with E-state index < -0.39 is 0 Å². The molecule has 0 radical (unpaired) electrons. The topological polar surface area (TPSA) is 29.1 Å². The van der Waals surface area contributed by atoms with Gasteiger partial charge in [-0.2, -0.15) is 0 Å². The summed E-state index contributed by atoms with van der Waals surface area (Å²) in [5, 5.41) is 4.65. The van der Waals surface area contributed by atoms with Crippen LogP contribution in [-0.2, 0) is 4.79 Å². The van der Waals surface area contributed by atoms with E-state index in [0.29, 0.717) is 5.92 Å². The second kappa shape index (κ2) is 6.34. The molecule has 4 heteroatoms. The molecule has 2 nitrogen and oxygen atoms in total. The molecule has 0 spiro atoms. The molecule has 25 heavy (non-hydrogen) atoms. The molecule has 4 rings (SSSR count). The van der Waals surface area contributed by atoms with Crippen LogP contribution in [0.25, 0.3) is 0 Å². The fourth-order valence-electron chi connectivity index (χ4n) is 4.81. The monoisotopic (exact) mass is 373 g/mol. The number of hydrogen-bond acceptors (Lipinski definition) is 1. The lowest BCUT2D eigenvalue weighted by Gasteiger charge is -2.45. The number of benzene rings is 2. The van der Waals surface area contributed by atoms with Crippen molar-refractivity contribution in [2.24, 2.45) is 11.3 Å². The van der Waals surface area contributed by atoms with Gasteiger partial charge in [0.2, 0.25) is 5.91 Å². The van der Waals surface area contributed by atoms with Gasteiger partial charge in [0.05, 0.1) is 5.41 Å². The van der Waals surface area contributed by atoms with Crippen LogP contribution in [0.5, 0.6) is 0 Å². The van der Waals surface area contributed by atoms with Crippen molar-refractivity contribution in [1.82, 2.24) is 5.32 Å². The van der Waals surface area contributed by atoms with Crippen molar-refractivity contribution in [2.45, 2.75) is 31.6 Å². The third-order valence-electron chi connectivity index (χ3n) is 6.22. The summed E-state index contributed by atoms with van der Waals surface area (Å²) in [7, 11) is 0. The highest BCUT2D eigenvalue weighted by atomic mass is 35.5. The molecule has 1 aliphatic carbocycles. The number of hydrogen-bond donors (Lipinski definition) is 1. The molecule has 2 fully saturated rings. The Morgan fingerprint density at radius 1 is 1.08 bits per heavy atom. The lowest BCUT2D eigenvalue weighted by molar-refractivity contribution is -0.129. The molecule has 0 bridgehead atoms. The fourth-order valence-corrected chi connectivity index (χ4v) is 5.21. The highest BCUT2D eigenvalue weighted by molar-refractivity contribution is 6.31. The summed E-state index contributed by atoms with van der Waals surface area (Å²) in [6, 6.07) is 16.2. The second-order valence-electron chi connectivity index (χ2n) is 7.48. The van der Waals surface area contributed by atoms with Crippen LogP contribution >= 0.6 is 23.2 Å². The molecule has 1 saturated carbocycles.